The Morgan fingerprint density at radius 1 is 1.38 bits per heavy atom. The highest BCUT2D eigenvalue weighted by atomic mass is 16.6. The number of nitrogens with zero attached hydrogens (tertiary/aromatic N) is 2. The van der Waals surface area contributed by atoms with Crippen molar-refractivity contribution in [2.24, 2.45) is 0 Å². The molecule has 140 valence electrons. The number of furan rings is 1. The first-order valence-corrected chi connectivity index (χ1v) is 8.54. The Morgan fingerprint density at radius 2 is 2.12 bits per heavy atom. The average Bonchev–Trinajstić information content (AvgIpc) is 3.21. The van der Waals surface area contributed by atoms with Gasteiger partial charge in [-0.25, -0.2) is 4.79 Å². The number of nitrogens with two attached hydrogens (primary N) is 1. The molecule has 0 spiro atoms. The van der Waals surface area contributed by atoms with Crippen LogP contribution in [0.15, 0.2) is 21.1 Å². The third kappa shape index (κ3) is 3.66. The number of likely N-dealkylation sites (tertiary alicyclic amines) is 1. The van der Waals surface area contributed by atoms with E-state index in [9.17, 15) is 9.59 Å². The molecule has 1 aliphatic heterocycles. The van der Waals surface area contributed by atoms with E-state index in [1.807, 2.05) is 0 Å². The number of aromatic nitrogens is 1. The van der Waals surface area contributed by atoms with Gasteiger partial charge in [-0.1, -0.05) is 5.16 Å². The lowest BCUT2D eigenvalue weighted by atomic mass is 10.0. The topological polar surface area (TPSA) is 124 Å². The number of ether oxygens (including phenoxy) is 1. The predicted octanol–water partition coefficient (Wildman–Crippen LogP) is 2.18. The number of hydrogen-bond acceptors (Lipinski definition) is 7. The summed E-state index contributed by atoms with van der Waals surface area (Å²) in [7, 11) is 0. The van der Waals surface area contributed by atoms with Gasteiger partial charge in [0.05, 0.1) is 6.61 Å². The van der Waals surface area contributed by atoms with Crippen LogP contribution in [0, 0.1) is 6.92 Å². The van der Waals surface area contributed by atoms with Crippen LogP contribution in [0.25, 0.3) is 11.5 Å². The van der Waals surface area contributed by atoms with Crippen LogP contribution < -0.4 is 11.1 Å². The van der Waals surface area contributed by atoms with Gasteiger partial charge in [-0.05, 0) is 38.8 Å². The monoisotopic (exact) mass is 362 g/mol. The smallest absolute Gasteiger partial charge is 0.409 e. The van der Waals surface area contributed by atoms with Crippen molar-refractivity contribution in [1.29, 1.82) is 0 Å². The molecular formula is C17H22N4O5. The van der Waals surface area contributed by atoms with Gasteiger partial charge in [0.15, 0.2) is 11.5 Å². The molecule has 3 rings (SSSR count). The number of nitrogens with one attached hydrogen (secondary N) is 1. The zero-order chi connectivity index (χ0) is 18.7. The predicted molar refractivity (Wildman–Crippen MR) is 92.4 cm³/mol. The molecule has 3 heterocycles. The molecule has 26 heavy (non-hydrogen) atoms. The van der Waals surface area contributed by atoms with Crippen LogP contribution in [0.3, 0.4) is 0 Å². The SMILES string of the molecule is CCOC(=O)N1CCC(NC(=O)c2c(-c3ccc(C)o3)noc2N)CC1. The fourth-order valence-corrected chi connectivity index (χ4v) is 2.93. The van der Waals surface area contributed by atoms with Gasteiger partial charge in [0, 0.05) is 19.1 Å². The maximum Gasteiger partial charge on any atom is 0.409 e. The van der Waals surface area contributed by atoms with Crippen molar-refractivity contribution < 1.29 is 23.3 Å². The Balaban J connectivity index is 1.65. The van der Waals surface area contributed by atoms with E-state index >= 15 is 0 Å². The van der Waals surface area contributed by atoms with E-state index in [2.05, 4.69) is 10.5 Å². The molecule has 1 aliphatic rings. The fourth-order valence-electron chi connectivity index (χ4n) is 2.93. The Kier molecular flexibility index (Phi) is 5.15. The van der Waals surface area contributed by atoms with Crippen molar-refractivity contribution in [3.05, 3.63) is 23.5 Å². The number of anilines is 1. The number of amides is 2. The molecule has 3 N–H and O–H groups in total. The second-order valence-electron chi connectivity index (χ2n) is 6.11. The lowest BCUT2D eigenvalue weighted by Gasteiger charge is -2.31. The van der Waals surface area contributed by atoms with Crippen LogP contribution >= 0.6 is 0 Å². The minimum Gasteiger partial charge on any atom is -0.460 e. The minimum absolute atomic E-state index is 0.0597. The van der Waals surface area contributed by atoms with Gasteiger partial charge in [0.2, 0.25) is 5.88 Å². The molecule has 9 heteroatoms. The van der Waals surface area contributed by atoms with Crippen LogP contribution in [0.5, 0.6) is 0 Å². The zero-order valence-electron chi connectivity index (χ0n) is 14.8. The van der Waals surface area contributed by atoms with E-state index < -0.39 is 0 Å². The molecule has 0 saturated carbocycles. The Morgan fingerprint density at radius 3 is 2.73 bits per heavy atom. The summed E-state index contributed by atoms with van der Waals surface area (Å²) in [5, 5.41) is 6.78. The standard InChI is InChI=1S/C17H22N4O5/c1-3-24-17(23)21-8-6-11(7-9-21)19-16(22)13-14(20-26-15(13)18)12-5-4-10(2)25-12/h4-5,11H,3,6-9,18H2,1-2H3,(H,19,22). The van der Waals surface area contributed by atoms with Crippen LogP contribution in [0.2, 0.25) is 0 Å². The second kappa shape index (κ2) is 7.51. The van der Waals surface area contributed by atoms with E-state index in [0.717, 1.165) is 0 Å². The van der Waals surface area contributed by atoms with Crippen molar-refractivity contribution in [2.45, 2.75) is 32.7 Å². The number of aryl methyl sites for hydroxylation is 1. The van der Waals surface area contributed by atoms with E-state index in [0.29, 0.717) is 44.1 Å². The molecule has 0 bridgehead atoms. The van der Waals surface area contributed by atoms with Gasteiger partial charge in [-0.3, -0.25) is 4.79 Å². The molecule has 2 aromatic rings. The summed E-state index contributed by atoms with van der Waals surface area (Å²) in [6.07, 6.45) is 0.937. The number of nitrogen functional groups attached to an aromatic ring is 1. The molecule has 0 unspecified atom stereocenters. The van der Waals surface area contributed by atoms with Gasteiger partial charge in [-0.2, -0.15) is 0 Å². The Hall–Kier alpha value is -2.97. The van der Waals surface area contributed by atoms with E-state index in [4.69, 9.17) is 19.4 Å². The van der Waals surface area contributed by atoms with Crippen molar-refractivity contribution in [3.63, 3.8) is 0 Å². The van der Waals surface area contributed by atoms with Crippen LogP contribution in [-0.2, 0) is 4.74 Å². The summed E-state index contributed by atoms with van der Waals surface area (Å²) >= 11 is 0. The summed E-state index contributed by atoms with van der Waals surface area (Å²) in [4.78, 5) is 26.0. The van der Waals surface area contributed by atoms with Crippen molar-refractivity contribution in [1.82, 2.24) is 15.4 Å². The quantitative estimate of drug-likeness (QED) is 0.854. The van der Waals surface area contributed by atoms with Crippen molar-refractivity contribution >= 4 is 17.9 Å². The lowest BCUT2D eigenvalue weighted by Crippen LogP contribution is -2.46. The van der Waals surface area contributed by atoms with Crippen molar-refractivity contribution in [2.75, 3.05) is 25.4 Å². The number of carbonyl (C=O) groups is 2. The Bertz CT molecular complexity index is 789. The second-order valence-corrected chi connectivity index (χ2v) is 6.11. The van der Waals surface area contributed by atoms with E-state index in [1.165, 1.54) is 0 Å². The highest BCUT2D eigenvalue weighted by Crippen LogP contribution is 2.28. The summed E-state index contributed by atoms with van der Waals surface area (Å²) in [5.74, 6) is 0.683. The van der Waals surface area contributed by atoms with Gasteiger partial charge in [0.25, 0.3) is 5.91 Å². The number of hydrogen-bond donors (Lipinski definition) is 2. The lowest BCUT2D eigenvalue weighted by molar-refractivity contribution is 0.0860. The highest BCUT2D eigenvalue weighted by molar-refractivity contribution is 6.03. The highest BCUT2D eigenvalue weighted by Gasteiger charge is 2.29. The first-order valence-electron chi connectivity index (χ1n) is 8.54. The number of piperidine rings is 1. The average molecular weight is 362 g/mol. The normalized spacial score (nSPS) is 15.1. The van der Waals surface area contributed by atoms with Gasteiger partial charge in [-0.15, -0.1) is 0 Å². The van der Waals surface area contributed by atoms with E-state index in [1.54, 1.807) is 30.9 Å². The molecule has 0 aromatic carbocycles. The molecule has 2 aromatic heterocycles. The minimum atomic E-state index is -0.373. The zero-order valence-corrected chi connectivity index (χ0v) is 14.8. The molecular weight excluding hydrogens is 340 g/mol. The van der Waals surface area contributed by atoms with Crippen LogP contribution in [0.1, 0.15) is 35.9 Å². The van der Waals surface area contributed by atoms with Gasteiger partial charge < -0.3 is 29.6 Å². The third-order valence-electron chi connectivity index (χ3n) is 4.28. The summed E-state index contributed by atoms with van der Waals surface area (Å²) < 4.78 is 15.5. The van der Waals surface area contributed by atoms with E-state index in [-0.39, 0.29) is 35.2 Å². The first kappa shape index (κ1) is 17.8. The fraction of sp³-hybridized carbons (Fsp3) is 0.471. The largest absolute Gasteiger partial charge is 0.460 e. The molecule has 1 saturated heterocycles. The summed E-state index contributed by atoms with van der Waals surface area (Å²) in [5.41, 5.74) is 6.22. The molecule has 0 aliphatic carbocycles. The number of rotatable bonds is 4. The van der Waals surface area contributed by atoms with Gasteiger partial charge >= 0.3 is 6.09 Å². The van der Waals surface area contributed by atoms with Crippen LogP contribution in [-0.4, -0.2) is 47.8 Å². The summed E-state index contributed by atoms with van der Waals surface area (Å²) in [6, 6.07) is 3.41. The van der Waals surface area contributed by atoms with Gasteiger partial charge in [0.1, 0.15) is 11.3 Å². The summed E-state index contributed by atoms with van der Waals surface area (Å²) in [6.45, 7) is 4.95. The van der Waals surface area contributed by atoms with Crippen LogP contribution in [0.4, 0.5) is 10.7 Å². The molecule has 9 nitrogen and oxygen atoms in total. The Labute approximate surface area is 150 Å². The molecule has 0 atom stereocenters. The maximum absolute atomic E-state index is 12.7. The number of carbonyl (C=O) groups excluding carboxylic acids is 2. The molecule has 1 fully saturated rings. The molecule has 2 amide bonds. The van der Waals surface area contributed by atoms with Crippen molar-refractivity contribution in [3.8, 4) is 11.5 Å². The molecule has 0 radical (unpaired) electrons. The first-order chi connectivity index (χ1) is 12.5. The maximum atomic E-state index is 12.7. The third-order valence-corrected chi connectivity index (χ3v) is 4.28.